The van der Waals surface area contributed by atoms with Crippen molar-refractivity contribution < 1.29 is 9.18 Å². The van der Waals surface area contributed by atoms with Crippen molar-refractivity contribution in [2.75, 3.05) is 17.6 Å². The van der Waals surface area contributed by atoms with E-state index in [0.29, 0.717) is 23.2 Å². The largest absolute Gasteiger partial charge is 0.330 e. The topological polar surface area (TPSA) is 55.1 Å². The molecule has 1 aromatic carbocycles. The van der Waals surface area contributed by atoms with Gasteiger partial charge < -0.3 is 11.1 Å². The lowest BCUT2D eigenvalue weighted by molar-refractivity contribution is -0.113. The molecule has 100 valence electrons. The minimum Gasteiger partial charge on any atom is -0.330 e. The fourth-order valence-corrected chi connectivity index (χ4v) is 2.26. The van der Waals surface area contributed by atoms with Crippen molar-refractivity contribution in [3.63, 3.8) is 0 Å². The number of anilines is 1. The summed E-state index contributed by atoms with van der Waals surface area (Å²) in [4.78, 5) is 11.7. The first kappa shape index (κ1) is 15.0. The Morgan fingerprint density at radius 3 is 2.94 bits per heavy atom. The Balaban J connectivity index is 2.47. The molecule has 0 heterocycles. The van der Waals surface area contributed by atoms with E-state index in [0.717, 1.165) is 12.0 Å². The van der Waals surface area contributed by atoms with Crippen LogP contribution in [0.15, 0.2) is 18.2 Å². The lowest BCUT2D eigenvalue weighted by atomic mass is 10.2. The normalized spacial score (nSPS) is 12.2. The molecule has 0 saturated heterocycles. The molecule has 1 aromatic rings. The van der Waals surface area contributed by atoms with Crippen LogP contribution in [0.2, 0.25) is 0 Å². The lowest BCUT2D eigenvalue weighted by Crippen LogP contribution is -2.17. The van der Waals surface area contributed by atoms with Crippen molar-refractivity contribution >= 4 is 23.4 Å². The standard InChI is InChI=1S/C13H19FN2OS/c1-9-3-4-11(14)7-12(9)16-13(17)8-18-10(2)5-6-15/h3-4,7,10H,5-6,8,15H2,1-2H3,(H,16,17). The van der Waals surface area contributed by atoms with Gasteiger partial charge in [0.05, 0.1) is 5.75 Å². The molecule has 3 N–H and O–H groups in total. The lowest BCUT2D eigenvalue weighted by Gasteiger charge is -2.11. The second kappa shape index (κ2) is 7.38. The molecule has 0 aliphatic rings. The van der Waals surface area contributed by atoms with Crippen LogP contribution < -0.4 is 11.1 Å². The van der Waals surface area contributed by atoms with E-state index >= 15 is 0 Å². The van der Waals surface area contributed by atoms with Gasteiger partial charge in [-0.3, -0.25) is 4.79 Å². The SMILES string of the molecule is Cc1ccc(F)cc1NC(=O)CSC(C)CCN. The van der Waals surface area contributed by atoms with Crippen molar-refractivity contribution in [1.82, 2.24) is 0 Å². The van der Waals surface area contributed by atoms with Gasteiger partial charge in [-0.25, -0.2) is 4.39 Å². The number of thioether (sulfide) groups is 1. The van der Waals surface area contributed by atoms with Crippen molar-refractivity contribution in [3.05, 3.63) is 29.6 Å². The summed E-state index contributed by atoms with van der Waals surface area (Å²) in [6.45, 7) is 4.50. The number of aryl methyl sites for hydroxylation is 1. The number of benzene rings is 1. The number of rotatable bonds is 6. The van der Waals surface area contributed by atoms with E-state index in [2.05, 4.69) is 5.32 Å². The molecular weight excluding hydrogens is 251 g/mol. The zero-order chi connectivity index (χ0) is 13.5. The zero-order valence-corrected chi connectivity index (χ0v) is 11.5. The summed E-state index contributed by atoms with van der Waals surface area (Å²) in [5.41, 5.74) is 6.83. The Hall–Kier alpha value is -1.07. The van der Waals surface area contributed by atoms with Crippen molar-refractivity contribution in [2.24, 2.45) is 5.73 Å². The maximum Gasteiger partial charge on any atom is 0.234 e. The molecule has 0 radical (unpaired) electrons. The van der Waals surface area contributed by atoms with E-state index < -0.39 is 0 Å². The van der Waals surface area contributed by atoms with E-state index in [9.17, 15) is 9.18 Å². The summed E-state index contributed by atoms with van der Waals surface area (Å²) in [5.74, 6) is -0.102. The molecule has 1 unspecified atom stereocenters. The molecule has 1 amide bonds. The molecule has 5 heteroatoms. The summed E-state index contributed by atoms with van der Waals surface area (Å²) in [7, 11) is 0. The summed E-state index contributed by atoms with van der Waals surface area (Å²) in [6.07, 6.45) is 0.886. The number of hydrogen-bond donors (Lipinski definition) is 2. The molecule has 0 aliphatic carbocycles. The number of hydrogen-bond acceptors (Lipinski definition) is 3. The molecule has 1 rings (SSSR count). The third-order valence-electron chi connectivity index (χ3n) is 2.55. The number of carbonyl (C=O) groups is 1. The second-order valence-electron chi connectivity index (χ2n) is 4.21. The molecule has 0 fully saturated rings. The fraction of sp³-hybridized carbons (Fsp3) is 0.462. The van der Waals surface area contributed by atoms with E-state index in [4.69, 9.17) is 5.73 Å². The van der Waals surface area contributed by atoms with Gasteiger partial charge >= 0.3 is 0 Å². The molecule has 18 heavy (non-hydrogen) atoms. The van der Waals surface area contributed by atoms with Crippen LogP contribution in [0.1, 0.15) is 18.9 Å². The first-order chi connectivity index (χ1) is 8.52. The maximum atomic E-state index is 13.0. The molecule has 0 spiro atoms. The van der Waals surface area contributed by atoms with Gasteiger partial charge in [-0.1, -0.05) is 13.0 Å². The van der Waals surface area contributed by atoms with E-state index in [1.54, 1.807) is 17.8 Å². The summed E-state index contributed by atoms with van der Waals surface area (Å²) in [5, 5.41) is 3.07. The number of halogens is 1. The van der Waals surface area contributed by atoms with Crippen LogP contribution in [0, 0.1) is 12.7 Å². The van der Waals surface area contributed by atoms with Gasteiger partial charge in [-0.15, -0.1) is 11.8 Å². The van der Waals surface area contributed by atoms with Gasteiger partial charge in [-0.2, -0.15) is 0 Å². The summed E-state index contributed by atoms with van der Waals surface area (Å²) < 4.78 is 13.0. The van der Waals surface area contributed by atoms with Crippen molar-refractivity contribution in [2.45, 2.75) is 25.5 Å². The predicted octanol–water partition coefficient (Wildman–Crippen LogP) is 2.54. The molecule has 3 nitrogen and oxygen atoms in total. The molecule has 0 saturated carbocycles. The molecule has 0 aromatic heterocycles. The van der Waals surface area contributed by atoms with E-state index in [1.807, 2.05) is 13.8 Å². The van der Waals surface area contributed by atoms with Crippen LogP contribution in [0.3, 0.4) is 0 Å². The van der Waals surface area contributed by atoms with E-state index in [-0.39, 0.29) is 11.7 Å². The average molecular weight is 270 g/mol. The van der Waals surface area contributed by atoms with Gasteiger partial charge in [-0.05, 0) is 37.6 Å². The Morgan fingerprint density at radius 2 is 2.28 bits per heavy atom. The van der Waals surface area contributed by atoms with E-state index in [1.165, 1.54) is 12.1 Å². The highest BCUT2D eigenvalue weighted by Crippen LogP contribution is 2.18. The molecule has 0 aliphatic heterocycles. The number of carbonyl (C=O) groups excluding carboxylic acids is 1. The average Bonchev–Trinajstić information content (AvgIpc) is 2.32. The number of nitrogens with one attached hydrogen (secondary N) is 1. The van der Waals surface area contributed by atoms with Gasteiger partial charge in [0.15, 0.2) is 0 Å². The van der Waals surface area contributed by atoms with Gasteiger partial charge in [0.2, 0.25) is 5.91 Å². The third kappa shape index (κ3) is 5.06. The van der Waals surface area contributed by atoms with Gasteiger partial charge in [0.1, 0.15) is 5.82 Å². The van der Waals surface area contributed by atoms with Gasteiger partial charge in [0, 0.05) is 10.9 Å². The number of amides is 1. The van der Waals surface area contributed by atoms with Crippen molar-refractivity contribution in [1.29, 1.82) is 0 Å². The summed E-state index contributed by atoms with van der Waals surface area (Å²) >= 11 is 1.55. The summed E-state index contributed by atoms with van der Waals surface area (Å²) in [6, 6.07) is 4.36. The van der Waals surface area contributed by atoms with Crippen LogP contribution in [-0.2, 0) is 4.79 Å². The van der Waals surface area contributed by atoms with Crippen LogP contribution in [0.4, 0.5) is 10.1 Å². The third-order valence-corrected chi connectivity index (χ3v) is 3.78. The second-order valence-corrected chi connectivity index (χ2v) is 5.63. The minimum atomic E-state index is -0.347. The minimum absolute atomic E-state index is 0.113. The molecule has 1 atom stereocenters. The smallest absolute Gasteiger partial charge is 0.234 e. The Morgan fingerprint density at radius 1 is 1.56 bits per heavy atom. The highest BCUT2D eigenvalue weighted by molar-refractivity contribution is 8.00. The van der Waals surface area contributed by atoms with Crippen LogP contribution in [-0.4, -0.2) is 23.5 Å². The Kier molecular flexibility index (Phi) is 6.15. The maximum absolute atomic E-state index is 13.0. The van der Waals surface area contributed by atoms with Crippen molar-refractivity contribution in [3.8, 4) is 0 Å². The number of nitrogens with two attached hydrogens (primary N) is 1. The highest BCUT2D eigenvalue weighted by atomic mass is 32.2. The molecule has 0 bridgehead atoms. The van der Waals surface area contributed by atoms with Crippen LogP contribution in [0.5, 0.6) is 0 Å². The first-order valence-corrected chi connectivity index (χ1v) is 6.95. The Bertz CT molecular complexity index is 412. The quantitative estimate of drug-likeness (QED) is 0.835. The molecular formula is C13H19FN2OS. The van der Waals surface area contributed by atoms with Crippen LogP contribution in [0.25, 0.3) is 0 Å². The monoisotopic (exact) mass is 270 g/mol. The fourth-order valence-electron chi connectivity index (χ4n) is 1.45. The predicted molar refractivity (Wildman–Crippen MR) is 75.4 cm³/mol. The Labute approximate surface area is 111 Å². The first-order valence-electron chi connectivity index (χ1n) is 5.90. The highest BCUT2D eigenvalue weighted by Gasteiger charge is 2.08. The van der Waals surface area contributed by atoms with Crippen LogP contribution >= 0.6 is 11.8 Å². The van der Waals surface area contributed by atoms with Gasteiger partial charge in [0.25, 0.3) is 0 Å². The zero-order valence-electron chi connectivity index (χ0n) is 10.7.